The second-order valence-electron chi connectivity index (χ2n) is 6.52. The molecule has 0 spiro atoms. The normalized spacial score (nSPS) is 17.2. The van der Waals surface area contributed by atoms with Gasteiger partial charge in [0.05, 0.1) is 24.5 Å². The van der Waals surface area contributed by atoms with Crippen LogP contribution in [-0.4, -0.2) is 43.0 Å². The molecular formula is C19H21N5O. The monoisotopic (exact) mass is 335 g/mol. The van der Waals surface area contributed by atoms with Crippen LogP contribution >= 0.6 is 0 Å². The van der Waals surface area contributed by atoms with E-state index in [4.69, 9.17) is 0 Å². The maximum absolute atomic E-state index is 12.9. The van der Waals surface area contributed by atoms with Crippen molar-refractivity contribution < 1.29 is 4.79 Å². The Kier molecular flexibility index (Phi) is 4.09. The molecule has 0 radical (unpaired) electrons. The van der Waals surface area contributed by atoms with Gasteiger partial charge in [-0.05, 0) is 43.5 Å². The van der Waals surface area contributed by atoms with Gasteiger partial charge >= 0.3 is 0 Å². The predicted octanol–water partition coefficient (Wildman–Crippen LogP) is 2.68. The fraction of sp³-hybridized carbons (Fsp3) is 0.316. The van der Waals surface area contributed by atoms with E-state index in [-0.39, 0.29) is 11.9 Å². The summed E-state index contributed by atoms with van der Waals surface area (Å²) in [6, 6.07) is 11.8. The first kappa shape index (κ1) is 15.6. The minimum absolute atomic E-state index is 0.000981. The molecule has 25 heavy (non-hydrogen) atoms. The van der Waals surface area contributed by atoms with E-state index in [2.05, 4.69) is 10.2 Å². The number of benzene rings is 1. The number of hydrogen-bond acceptors (Lipinski definition) is 3. The molecule has 0 aliphatic carbocycles. The van der Waals surface area contributed by atoms with Crippen molar-refractivity contribution in [1.29, 1.82) is 0 Å². The lowest BCUT2D eigenvalue weighted by Gasteiger charge is -2.23. The summed E-state index contributed by atoms with van der Waals surface area (Å²) in [5.41, 5.74) is 2.58. The second kappa shape index (κ2) is 6.55. The summed E-state index contributed by atoms with van der Waals surface area (Å²) >= 11 is 0. The molecule has 2 aromatic heterocycles. The first-order chi connectivity index (χ1) is 12.2. The molecule has 1 fully saturated rings. The Morgan fingerprint density at radius 1 is 1.24 bits per heavy atom. The van der Waals surface area contributed by atoms with Crippen molar-refractivity contribution in [3.05, 3.63) is 66.2 Å². The standard InChI is InChI=1S/C19H21N5O/c1-15-12-20-22(13-15)14-17-8-5-10-23(17)19(25)18-9-11-24(21-18)16-6-3-2-4-7-16/h2-4,6-7,9,11-13,17H,5,8,10,14H2,1H3/t17-/m1/s1. The van der Waals surface area contributed by atoms with Crippen molar-refractivity contribution in [3.63, 3.8) is 0 Å². The third-order valence-corrected chi connectivity index (χ3v) is 4.63. The van der Waals surface area contributed by atoms with E-state index >= 15 is 0 Å². The molecule has 1 saturated heterocycles. The first-order valence-corrected chi connectivity index (χ1v) is 8.62. The largest absolute Gasteiger partial charge is 0.332 e. The molecule has 0 unspecified atom stereocenters. The van der Waals surface area contributed by atoms with Crippen LogP contribution in [0.25, 0.3) is 5.69 Å². The molecule has 3 aromatic rings. The molecule has 0 N–H and O–H groups in total. The number of para-hydroxylation sites is 1. The Balaban J connectivity index is 1.51. The number of nitrogens with zero attached hydrogens (tertiary/aromatic N) is 5. The molecule has 4 rings (SSSR count). The molecule has 1 amide bonds. The lowest BCUT2D eigenvalue weighted by atomic mass is 10.2. The van der Waals surface area contributed by atoms with Gasteiger partial charge in [-0.1, -0.05) is 18.2 Å². The number of likely N-dealkylation sites (tertiary alicyclic amines) is 1. The van der Waals surface area contributed by atoms with Crippen LogP contribution in [0.4, 0.5) is 0 Å². The van der Waals surface area contributed by atoms with Gasteiger partial charge in [0.25, 0.3) is 5.91 Å². The summed E-state index contributed by atoms with van der Waals surface area (Å²) in [5.74, 6) is 0.000981. The predicted molar refractivity (Wildman–Crippen MR) is 94.6 cm³/mol. The van der Waals surface area contributed by atoms with Crippen molar-refractivity contribution in [1.82, 2.24) is 24.5 Å². The lowest BCUT2D eigenvalue weighted by molar-refractivity contribution is 0.0715. The maximum atomic E-state index is 12.9. The fourth-order valence-electron chi connectivity index (χ4n) is 3.39. The topological polar surface area (TPSA) is 56.0 Å². The van der Waals surface area contributed by atoms with Gasteiger partial charge in [0.2, 0.25) is 0 Å². The summed E-state index contributed by atoms with van der Waals surface area (Å²) in [6.07, 6.45) is 7.73. The van der Waals surface area contributed by atoms with Gasteiger partial charge in [-0.2, -0.15) is 10.2 Å². The highest BCUT2D eigenvalue weighted by Gasteiger charge is 2.31. The quantitative estimate of drug-likeness (QED) is 0.736. The number of hydrogen-bond donors (Lipinski definition) is 0. The van der Waals surface area contributed by atoms with Gasteiger partial charge < -0.3 is 4.90 Å². The summed E-state index contributed by atoms with van der Waals surface area (Å²) < 4.78 is 3.67. The average Bonchev–Trinajstić information content (AvgIpc) is 3.37. The highest BCUT2D eigenvalue weighted by molar-refractivity contribution is 5.92. The van der Waals surface area contributed by atoms with Crippen molar-refractivity contribution in [3.8, 4) is 5.69 Å². The van der Waals surface area contributed by atoms with Crippen LogP contribution in [0.5, 0.6) is 0 Å². The van der Waals surface area contributed by atoms with Crippen molar-refractivity contribution in [2.45, 2.75) is 32.4 Å². The number of amides is 1. The number of rotatable bonds is 4. The van der Waals surface area contributed by atoms with E-state index < -0.39 is 0 Å². The third kappa shape index (κ3) is 3.20. The minimum atomic E-state index is 0.000981. The van der Waals surface area contributed by atoms with Crippen LogP contribution in [0.2, 0.25) is 0 Å². The Labute approximate surface area is 146 Å². The highest BCUT2D eigenvalue weighted by Crippen LogP contribution is 2.21. The molecule has 0 bridgehead atoms. The van der Waals surface area contributed by atoms with Crippen molar-refractivity contribution >= 4 is 5.91 Å². The maximum Gasteiger partial charge on any atom is 0.274 e. The second-order valence-corrected chi connectivity index (χ2v) is 6.52. The van der Waals surface area contributed by atoms with Gasteiger partial charge in [0, 0.05) is 18.9 Å². The van der Waals surface area contributed by atoms with E-state index in [9.17, 15) is 4.79 Å². The molecule has 1 atom stereocenters. The van der Waals surface area contributed by atoms with Crippen LogP contribution < -0.4 is 0 Å². The molecule has 6 nitrogen and oxygen atoms in total. The summed E-state index contributed by atoms with van der Waals surface area (Å²) in [6.45, 7) is 3.54. The van der Waals surface area contributed by atoms with E-state index in [1.807, 2.05) is 65.4 Å². The van der Waals surface area contributed by atoms with Gasteiger partial charge in [-0.15, -0.1) is 0 Å². The van der Waals surface area contributed by atoms with Gasteiger partial charge in [-0.3, -0.25) is 9.48 Å². The van der Waals surface area contributed by atoms with Crippen LogP contribution in [0.1, 0.15) is 28.9 Å². The van der Waals surface area contributed by atoms with Crippen LogP contribution in [0.3, 0.4) is 0 Å². The molecule has 1 aliphatic rings. The third-order valence-electron chi connectivity index (χ3n) is 4.63. The molecule has 6 heteroatoms. The number of carbonyl (C=O) groups is 1. The van der Waals surface area contributed by atoms with Gasteiger partial charge in [-0.25, -0.2) is 4.68 Å². The molecular weight excluding hydrogens is 314 g/mol. The van der Waals surface area contributed by atoms with Gasteiger partial charge in [0.15, 0.2) is 5.69 Å². The Hall–Kier alpha value is -2.89. The van der Waals surface area contributed by atoms with Crippen LogP contribution in [0, 0.1) is 6.92 Å². The first-order valence-electron chi connectivity index (χ1n) is 8.62. The molecule has 3 heterocycles. The summed E-state index contributed by atoms with van der Waals surface area (Å²) in [4.78, 5) is 14.9. The van der Waals surface area contributed by atoms with Crippen LogP contribution in [-0.2, 0) is 6.54 Å². The van der Waals surface area contributed by atoms with E-state index in [1.54, 1.807) is 10.7 Å². The number of carbonyl (C=O) groups excluding carboxylic acids is 1. The molecule has 0 saturated carbocycles. The Bertz CT molecular complexity index is 867. The Morgan fingerprint density at radius 3 is 2.84 bits per heavy atom. The zero-order chi connectivity index (χ0) is 17.2. The van der Waals surface area contributed by atoms with Crippen molar-refractivity contribution in [2.75, 3.05) is 6.54 Å². The number of aromatic nitrogens is 4. The average molecular weight is 335 g/mol. The summed E-state index contributed by atoms with van der Waals surface area (Å²) in [5, 5.41) is 8.82. The Morgan fingerprint density at radius 2 is 2.08 bits per heavy atom. The highest BCUT2D eigenvalue weighted by atomic mass is 16.2. The number of aryl methyl sites for hydroxylation is 1. The molecule has 1 aromatic carbocycles. The lowest BCUT2D eigenvalue weighted by Crippen LogP contribution is -2.38. The van der Waals surface area contributed by atoms with E-state index in [1.165, 1.54) is 0 Å². The van der Waals surface area contributed by atoms with E-state index in [0.717, 1.165) is 37.2 Å². The molecule has 1 aliphatic heterocycles. The fourth-order valence-corrected chi connectivity index (χ4v) is 3.39. The molecule has 128 valence electrons. The zero-order valence-electron chi connectivity index (χ0n) is 14.2. The van der Waals surface area contributed by atoms with E-state index in [0.29, 0.717) is 5.69 Å². The minimum Gasteiger partial charge on any atom is -0.332 e. The smallest absolute Gasteiger partial charge is 0.274 e. The zero-order valence-corrected chi connectivity index (χ0v) is 14.2. The van der Waals surface area contributed by atoms with Crippen LogP contribution in [0.15, 0.2) is 55.0 Å². The van der Waals surface area contributed by atoms with Crippen molar-refractivity contribution in [2.24, 2.45) is 0 Å². The SMILES string of the molecule is Cc1cnn(C[C@H]2CCCN2C(=O)c2ccn(-c3ccccc3)n2)c1. The summed E-state index contributed by atoms with van der Waals surface area (Å²) in [7, 11) is 0. The van der Waals surface area contributed by atoms with Gasteiger partial charge in [0.1, 0.15) is 0 Å².